The lowest BCUT2D eigenvalue weighted by Gasteiger charge is -2.02. The highest BCUT2D eigenvalue weighted by atomic mass is 14.0. The maximum absolute atomic E-state index is 2.25. The van der Waals surface area contributed by atoms with Crippen LogP contribution in [0.15, 0.2) is 59.7 Å². The summed E-state index contributed by atoms with van der Waals surface area (Å²) >= 11 is 0. The first-order chi connectivity index (χ1) is 8.74. The predicted octanol–water partition coefficient (Wildman–Crippen LogP) is 5.40. The predicted molar refractivity (Wildman–Crippen MR) is 81.8 cm³/mol. The van der Waals surface area contributed by atoms with Crippen LogP contribution < -0.4 is 0 Å². The fraction of sp³-hybridized carbons (Fsp3) is 0.333. The van der Waals surface area contributed by atoms with Gasteiger partial charge in [0.1, 0.15) is 0 Å². The standard InChI is InChI=1S/C16H18.C2H6/c1-13-4-3-5-15(9-6-13)12-16-10-7-14(2)8-11-16;1-2/h3,5-11H,4,12H2,1-2H3;1-2H3. The molecule has 0 heteroatoms. The molecule has 0 N–H and O–H groups in total. The number of rotatable bonds is 2. The molecule has 0 aliphatic heterocycles. The average molecular weight is 240 g/mol. The van der Waals surface area contributed by atoms with Gasteiger partial charge in [0.25, 0.3) is 0 Å². The number of aryl methyl sites for hydroxylation is 1. The van der Waals surface area contributed by atoms with E-state index >= 15 is 0 Å². The maximum atomic E-state index is 2.25. The van der Waals surface area contributed by atoms with E-state index in [9.17, 15) is 0 Å². The van der Waals surface area contributed by atoms with Gasteiger partial charge >= 0.3 is 0 Å². The SMILES string of the molecule is CC.CC1=CC=C(Cc2ccc(C)cc2)C=CC1. The van der Waals surface area contributed by atoms with Crippen molar-refractivity contribution in [2.24, 2.45) is 0 Å². The van der Waals surface area contributed by atoms with Gasteiger partial charge in [-0.15, -0.1) is 0 Å². The van der Waals surface area contributed by atoms with Crippen LogP contribution in [-0.2, 0) is 6.42 Å². The molecule has 0 nitrogen and oxygen atoms in total. The van der Waals surface area contributed by atoms with Crippen molar-refractivity contribution in [1.82, 2.24) is 0 Å². The van der Waals surface area contributed by atoms with E-state index in [0.717, 1.165) is 12.8 Å². The molecule has 0 saturated heterocycles. The van der Waals surface area contributed by atoms with Gasteiger partial charge in [-0.1, -0.05) is 73.6 Å². The molecular formula is C18H24. The van der Waals surface area contributed by atoms with Crippen molar-refractivity contribution in [3.63, 3.8) is 0 Å². The van der Waals surface area contributed by atoms with Crippen LogP contribution in [0.25, 0.3) is 0 Å². The van der Waals surface area contributed by atoms with Crippen LogP contribution in [0, 0.1) is 6.92 Å². The molecule has 0 spiro atoms. The molecule has 0 heterocycles. The fourth-order valence-corrected chi connectivity index (χ4v) is 1.83. The lowest BCUT2D eigenvalue weighted by molar-refractivity contribution is 1.18. The Kier molecular flexibility index (Phi) is 6.21. The summed E-state index contributed by atoms with van der Waals surface area (Å²) in [6.45, 7) is 8.30. The first-order valence-corrected chi connectivity index (χ1v) is 6.82. The van der Waals surface area contributed by atoms with Gasteiger partial charge < -0.3 is 0 Å². The summed E-state index contributed by atoms with van der Waals surface area (Å²) in [5.74, 6) is 0. The summed E-state index contributed by atoms with van der Waals surface area (Å²) < 4.78 is 0. The van der Waals surface area contributed by atoms with E-state index in [2.05, 4.69) is 62.4 Å². The molecule has 18 heavy (non-hydrogen) atoms. The minimum absolute atomic E-state index is 1.03. The Hall–Kier alpha value is -1.56. The zero-order valence-corrected chi connectivity index (χ0v) is 12.0. The van der Waals surface area contributed by atoms with Gasteiger partial charge in [0.15, 0.2) is 0 Å². The second kappa shape index (κ2) is 7.71. The first kappa shape index (κ1) is 14.5. The molecule has 1 aromatic carbocycles. The molecule has 1 aliphatic rings. The average Bonchev–Trinajstić information content (AvgIpc) is 2.60. The van der Waals surface area contributed by atoms with E-state index in [4.69, 9.17) is 0 Å². The van der Waals surface area contributed by atoms with Crippen molar-refractivity contribution in [3.8, 4) is 0 Å². The second-order valence-electron chi connectivity index (χ2n) is 4.52. The maximum Gasteiger partial charge on any atom is -0.00259 e. The van der Waals surface area contributed by atoms with Crippen LogP contribution in [0.1, 0.15) is 38.3 Å². The topological polar surface area (TPSA) is 0 Å². The normalized spacial score (nSPS) is 14.0. The summed E-state index contributed by atoms with van der Waals surface area (Å²) in [5.41, 5.74) is 5.52. The van der Waals surface area contributed by atoms with Crippen LogP contribution in [0.4, 0.5) is 0 Å². The van der Waals surface area contributed by atoms with Crippen molar-refractivity contribution in [2.45, 2.75) is 40.5 Å². The van der Waals surface area contributed by atoms with Crippen LogP contribution in [0.2, 0.25) is 0 Å². The van der Waals surface area contributed by atoms with Crippen LogP contribution in [-0.4, -0.2) is 0 Å². The summed E-state index contributed by atoms with van der Waals surface area (Å²) in [6.07, 6.45) is 11.1. The molecule has 0 amide bonds. The van der Waals surface area contributed by atoms with Gasteiger partial charge in [-0.2, -0.15) is 0 Å². The van der Waals surface area contributed by atoms with Gasteiger partial charge in [0.2, 0.25) is 0 Å². The van der Waals surface area contributed by atoms with Crippen LogP contribution in [0.5, 0.6) is 0 Å². The lowest BCUT2D eigenvalue weighted by Crippen LogP contribution is -1.87. The lowest BCUT2D eigenvalue weighted by atomic mass is 10.0. The highest BCUT2D eigenvalue weighted by Crippen LogP contribution is 2.15. The fourth-order valence-electron chi connectivity index (χ4n) is 1.83. The molecule has 0 saturated carbocycles. The second-order valence-corrected chi connectivity index (χ2v) is 4.52. The van der Waals surface area contributed by atoms with Gasteiger partial charge in [-0.3, -0.25) is 0 Å². The molecule has 96 valence electrons. The highest BCUT2D eigenvalue weighted by molar-refractivity contribution is 5.35. The van der Waals surface area contributed by atoms with Gasteiger partial charge in [-0.25, -0.2) is 0 Å². The molecule has 0 aromatic heterocycles. The Balaban J connectivity index is 0.000000771. The Morgan fingerprint density at radius 2 is 1.61 bits per heavy atom. The summed E-state index contributed by atoms with van der Waals surface area (Å²) in [5, 5.41) is 0. The Bertz CT molecular complexity index is 441. The van der Waals surface area contributed by atoms with E-state index in [1.165, 1.54) is 22.3 Å². The van der Waals surface area contributed by atoms with Gasteiger partial charge in [0.05, 0.1) is 0 Å². The van der Waals surface area contributed by atoms with E-state index in [0.29, 0.717) is 0 Å². The molecule has 2 rings (SSSR count). The Morgan fingerprint density at radius 3 is 2.28 bits per heavy atom. The monoisotopic (exact) mass is 240 g/mol. The van der Waals surface area contributed by atoms with Crippen molar-refractivity contribution < 1.29 is 0 Å². The zero-order valence-electron chi connectivity index (χ0n) is 12.0. The van der Waals surface area contributed by atoms with Gasteiger partial charge in [0, 0.05) is 0 Å². The largest absolute Gasteiger partial charge is 0.0802 e. The molecular weight excluding hydrogens is 216 g/mol. The van der Waals surface area contributed by atoms with Crippen LogP contribution >= 0.6 is 0 Å². The number of hydrogen-bond donors (Lipinski definition) is 0. The van der Waals surface area contributed by atoms with E-state index < -0.39 is 0 Å². The number of hydrogen-bond acceptors (Lipinski definition) is 0. The smallest absolute Gasteiger partial charge is 0.00259 e. The number of benzene rings is 1. The Morgan fingerprint density at radius 1 is 0.944 bits per heavy atom. The summed E-state index contributed by atoms with van der Waals surface area (Å²) in [6, 6.07) is 8.78. The minimum Gasteiger partial charge on any atom is -0.0802 e. The molecule has 0 unspecified atom stereocenters. The summed E-state index contributed by atoms with van der Waals surface area (Å²) in [7, 11) is 0. The third-order valence-corrected chi connectivity index (χ3v) is 2.88. The molecule has 0 atom stereocenters. The molecule has 0 fully saturated rings. The third-order valence-electron chi connectivity index (χ3n) is 2.88. The van der Waals surface area contributed by atoms with Crippen LogP contribution in [0.3, 0.4) is 0 Å². The zero-order chi connectivity index (χ0) is 13.4. The van der Waals surface area contributed by atoms with E-state index in [1.807, 2.05) is 13.8 Å². The molecule has 1 aromatic rings. The number of allylic oxidation sites excluding steroid dienone is 6. The van der Waals surface area contributed by atoms with E-state index in [1.54, 1.807) is 0 Å². The third kappa shape index (κ3) is 4.75. The summed E-state index contributed by atoms with van der Waals surface area (Å²) in [4.78, 5) is 0. The molecule has 0 bridgehead atoms. The minimum atomic E-state index is 1.03. The van der Waals surface area contributed by atoms with Gasteiger partial charge in [-0.05, 0) is 37.8 Å². The van der Waals surface area contributed by atoms with Crippen molar-refractivity contribution in [3.05, 3.63) is 70.8 Å². The van der Waals surface area contributed by atoms with Crippen molar-refractivity contribution >= 4 is 0 Å². The Labute approximate surface area is 112 Å². The highest BCUT2D eigenvalue weighted by Gasteiger charge is 1.98. The quantitative estimate of drug-likeness (QED) is 0.649. The molecule has 0 radical (unpaired) electrons. The van der Waals surface area contributed by atoms with Crippen molar-refractivity contribution in [2.75, 3.05) is 0 Å². The first-order valence-electron chi connectivity index (χ1n) is 6.82. The van der Waals surface area contributed by atoms with Crippen molar-refractivity contribution in [1.29, 1.82) is 0 Å². The van der Waals surface area contributed by atoms with E-state index in [-0.39, 0.29) is 0 Å². The molecule has 1 aliphatic carbocycles.